The number of carbonyl (C=O) groups excluding carboxylic acids is 1. The van der Waals surface area contributed by atoms with Gasteiger partial charge < -0.3 is 14.6 Å². The molecule has 7 nitrogen and oxygen atoms in total. The minimum atomic E-state index is -0.112. The first kappa shape index (κ1) is 21.3. The number of benzene rings is 1. The molecule has 9 heteroatoms. The van der Waals surface area contributed by atoms with Crippen LogP contribution in [0.1, 0.15) is 43.8 Å². The number of nitrogens with one attached hydrogen (secondary N) is 1. The molecule has 1 amide bonds. The Morgan fingerprint density at radius 1 is 1.31 bits per heavy atom. The van der Waals surface area contributed by atoms with E-state index in [1.807, 2.05) is 42.0 Å². The molecule has 1 N–H and O–H groups in total. The standard InChI is InChI=1S/C20H25N5O2S2/c1-5-25-17(10-27-16-9-7-6-8-15(16)13(2)3)23-24-20(25)29-12-18(26)22-19-21-14(4)11-28-19/h6-9,11,13H,5,10,12H2,1-4H3,(H,21,22,26). The monoisotopic (exact) mass is 431 g/mol. The second-order valence-corrected chi connectivity index (χ2v) is 8.56. The van der Waals surface area contributed by atoms with Gasteiger partial charge in [-0.05, 0) is 31.4 Å². The Hall–Kier alpha value is -2.39. The summed E-state index contributed by atoms with van der Waals surface area (Å²) in [6.07, 6.45) is 0. The van der Waals surface area contributed by atoms with Crippen LogP contribution in [-0.4, -0.2) is 31.4 Å². The van der Waals surface area contributed by atoms with Crippen molar-refractivity contribution in [1.29, 1.82) is 0 Å². The summed E-state index contributed by atoms with van der Waals surface area (Å²) in [5.41, 5.74) is 2.06. The molecule has 0 saturated heterocycles. The predicted octanol–water partition coefficient (Wildman–Crippen LogP) is 4.50. The lowest BCUT2D eigenvalue weighted by atomic mass is 10.0. The van der Waals surface area contributed by atoms with E-state index in [2.05, 4.69) is 40.4 Å². The lowest BCUT2D eigenvalue weighted by Crippen LogP contribution is -2.14. The average molecular weight is 432 g/mol. The summed E-state index contributed by atoms with van der Waals surface area (Å²) in [7, 11) is 0. The van der Waals surface area contributed by atoms with Crippen molar-refractivity contribution in [2.24, 2.45) is 0 Å². The van der Waals surface area contributed by atoms with Crippen LogP contribution in [0.3, 0.4) is 0 Å². The second kappa shape index (κ2) is 9.89. The fraction of sp³-hybridized carbons (Fsp3) is 0.400. The van der Waals surface area contributed by atoms with Crippen molar-refractivity contribution < 1.29 is 9.53 Å². The molecular formula is C20H25N5O2S2. The number of aromatic nitrogens is 4. The van der Waals surface area contributed by atoms with Crippen LogP contribution in [0.5, 0.6) is 5.75 Å². The first-order valence-corrected chi connectivity index (χ1v) is 11.3. The van der Waals surface area contributed by atoms with Crippen LogP contribution in [0.4, 0.5) is 5.13 Å². The van der Waals surface area contributed by atoms with Gasteiger partial charge in [-0.15, -0.1) is 21.5 Å². The number of amides is 1. The molecule has 29 heavy (non-hydrogen) atoms. The van der Waals surface area contributed by atoms with E-state index in [0.29, 0.717) is 29.4 Å². The topological polar surface area (TPSA) is 81.9 Å². The molecule has 2 heterocycles. The maximum absolute atomic E-state index is 12.2. The van der Waals surface area contributed by atoms with Crippen LogP contribution >= 0.6 is 23.1 Å². The van der Waals surface area contributed by atoms with Crippen LogP contribution in [0.15, 0.2) is 34.8 Å². The van der Waals surface area contributed by atoms with E-state index in [-0.39, 0.29) is 11.7 Å². The van der Waals surface area contributed by atoms with Gasteiger partial charge in [0.15, 0.2) is 16.1 Å². The van der Waals surface area contributed by atoms with Gasteiger partial charge in [0.1, 0.15) is 12.4 Å². The van der Waals surface area contributed by atoms with Crippen LogP contribution in [0.2, 0.25) is 0 Å². The van der Waals surface area contributed by atoms with E-state index in [4.69, 9.17) is 4.74 Å². The van der Waals surface area contributed by atoms with Crippen molar-refractivity contribution in [1.82, 2.24) is 19.7 Å². The van der Waals surface area contributed by atoms with E-state index in [1.165, 1.54) is 28.7 Å². The number of thiazole rings is 1. The lowest BCUT2D eigenvalue weighted by molar-refractivity contribution is -0.113. The van der Waals surface area contributed by atoms with E-state index >= 15 is 0 Å². The third-order valence-electron chi connectivity index (χ3n) is 4.21. The Labute approximate surface area is 178 Å². The molecule has 0 fully saturated rings. The Kier molecular flexibility index (Phi) is 7.27. The van der Waals surface area contributed by atoms with Gasteiger partial charge in [0, 0.05) is 11.9 Å². The minimum Gasteiger partial charge on any atom is -0.485 e. The molecule has 0 aliphatic rings. The molecule has 0 aliphatic carbocycles. The molecule has 154 valence electrons. The Bertz CT molecular complexity index is 967. The number of hydrogen-bond donors (Lipinski definition) is 1. The van der Waals surface area contributed by atoms with Crippen LogP contribution in [0.25, 0.3) is 0 Å². The van der Waals surface area contributed by atoms with Gasteiger partial charge in [0.05, 0.1) is 11.4 Å². The first-order valence-electron chi connectivity index (χ1n) is 9.46. The van der Waals surface area contributed by atoms with Gasteiger partial charge >= 0.3 is 0 Å². The number of nitrogens with zero attached hydrogens (tertiary/aromatic N) is 4. The molecule has 0 unspecified atom stereocenters. The molecular weight excluding hydrogens is 406 g/mol. The number of rotatable bonds is 9. The fourth-order valence-corrected chi connectivity index (χ4v) is 4.30. The SMILES string of the molecule is CCn1c(COc2ccccc2C(C)C)nnc1SCC(=O)Nc1nc(C)cs1. The highest BCUT2D eigenvalue weighted by Crippen LogP contribution is 2.27. The van der Waals surface area contributed by atoms with Gasteiger partial charge in [-0.25, -0.2) is 4.98 Å². The summed E-state index contributed by atoms with van der Waals surface area (Å²) in [6, 6.07) is 8.04. The fourth-order valence-electron chi connectivity index (χ4n) is 2.78. The highest BCUT2D eigenvalue weighted by atomic mass is 32.2. The summed E-state index contributed by atoms with van der Waals surface area (Å²) in [5, 5.41) is 14.5. The number of carbonyl (C=O) groups is 1. The number of thioether (sulfide) groups is 1. The number of aryl methyl sites for hydroxylation is 1. The third-order valence-corrected chi connectivity index (χ3v) is 6.05. The summed E-state index contributed by atoms with van der Waals surface area (Å²) in [5.74, 6) is 2.11. The summed E-state index contributed by atoms with van der Waals surface area (Å²) < 4.78 is 8.00. The largest absolute Gasteiger partial charge is 0.485 e. The summed E-state index contributed by atoms with van der Waals surface area (Å²) in [6.45, 7) is 9.24. The van der Waals surface area contributed by atoms with E-state index in [9.17, 15) is 4.79 Å². The normalized spacial score (nSPS) is 11.1. The molecule has 2 aromatic heterocycles. The Morgan fingerprint density at radius 2 is 2.10 bits per heavy atom. The van der Waals surface area contributed by atoms with Crippen molar-refractivity contribution in [2.75, 3.05) is 11.1 Å². The zero-order chi connectivity index (χ0) is 20.8. The lowest BCUT2D eigenvalue weighted by Gasteiger charge is -2.14. The van der Waals surface area contributed by atoms with Gasteiger partial charge in [-0.1, -0.05) is 43.8 Å². The van der Waals surface area contributed by atoms with Crippen LogP contribution in [0, 0.1) is 6.92 Å². The average Bonchev–Trinajstić information content (AvgIpc) is 3.30. The highest BCUT2D eigenvalue weighted by Gasteiger charge is 2.15. The molecule has 0 saturated carbocycles. The number of anilines is 1. The molecule has 3 aromatic rings. The summed E-state index contributed by atoms with van der Waals surface area (Å²) >= 11 is 2.77. The van der Waals surface area contributed by atoms with Crippen molar-refractivity contribution in [3.63, 3.8) is 0 Å². The van der Waals surface area contributed by atoms with Gasteiger partial charge in [0.2, 0.25) is 5.91 Å². The Balaban J connectivity index is 1.60. The molecule has 0 spiro atoms. The van der Waals surface area contributed by atoms with E-state index < -0.39 is 0 Å². The maximum atomic E-state index is 12.2. The van der Waals surface area contributed by atoms with E-state index in [0.717, 1.165) is 17.3 Å². The van der Waals surface area contributed by atoms with Gasteiger partial charge in [-0.3, -0.25) is 4.79 Å². The van der Waals surface area contributed by atoms with Gasteiger partial charge in [-0.2, -0.15) is 0 Å². The van der Waals surface area contributed by atoms with Crippen LogP contribution < -0.4 is 10.1 Å². The van der Waals surface area contributed by atoms with Crippen molar-refractivity contribution in [3.05, 3.63) is 46.7 Å². The van der Waals surface area contributed by atoms with Crippen molar-refractivity contribution >= 4 is 34.1 Å². The maximum Gasteiger partial charge on any atom is 0.236 e. The number of para-hydroxylation sites is 1. The van der Waals surface area contributed by atoms with Crippen LogP contribution in [-0.2, 0) is 17.9 Å². The molecule has 0 radical (unpaired) electrons. The quantitative estimate of drug-likeness (QED) is 0.503. The Morgan fingerprint density at radius 3 is 2.79 bits per heavy atom. The number of ether oxygens (including phenoxy) is 1. The minimum absolute atomic E-state index is 0.112. The molecule has 0 atom stereocenters. The zero-order valence-corrected chi connectivity index (χ0v) is 18.6. The smallest absolute Gasteiger partial charge is 0.236 e. The molecule has 0 bridgehead atoms. The van der Waals surface area contributed by atoms with Crippen molar-refractivity contribution in [3.8, 4) is 5.75 Å². The molecule has 1 aromatic carbocycles. The predicted molar refractivity (Wildman–Crippen MR) is 117 cm³/mol. The molecule has 0 aliphatic heterocycles. The first-order chi connectivity index (χ1) is 14.0. The van der Waals surface area contributed by atoms with E-state index in [1.54, 1.807) is 0 Å². The van der Waals surface area contributed by atoms with Gasteiger partial charge in [0.25, 0.3) is 0 Å². The highest BCUT2D eigenvalue weighted by molar-refractivity contribution is 7.99. The van der Waals surface area contributed by atoms with Crippen molar-refractivity contribution in [2.45, 2.75) is 51.9 Å². The molecule has 3 rings (SSSR count). The second-order valence-electron chi connectivity index (χ2n) is 6.76. The summed E-state index contributed by atoms with van der Waals surface area (Å²) in [4.78, 5) is 16.4. The zero-order valence-electron chi connectivity index (χ0n) is 17.0. The number of hydrogen-bond acceptors (Lipinski definition) is 7. The third kappa shape index (κ3) is 5.57.